The second-order valence-corrected chi connectivity index (χ2v) is 6.97. The molecule has 0 unspecified atom stereocenters. The van der Waals surface area contributed by atoms with Crippen molar-refractivity contribution < 1.29 is 36.2 Å². The molecule has 74 valence electrons. The van der Waals surface area contributed by atoms with E-state index in [0.717, 1.165) is 0 Å². The number of carbonyl (C=O) groups excluding carboxylic acids is 4. The second kappa shape index (κ2) is 179. The third-order valence-electron chi connectivity index (χ3n) is 0. The van der Waals surface area contributed by atoms with Gasteiger partial charge in [0.1, 0.15) is 0 Å². The minimum atomic E-state index is -0.188. The van der Waals surface area contributed by atoms with E-state index in [2.05, 4.69) is 44.3 Å². The Bertz CT molecular complexity index is 47.0. The molecule has 0 spiro atoms. The van der Waals surface area contributed by atoms with Crippen LogP contribution in [-0.4, -0.2) is 41.8 Å². The van der Waals surface area contributed by atoms with E-state index in [4.69, 9.17) is 19.2 Å². The van der Waals surface area contributed by atoms with Crippen LogP contribution in [-0.2, 0) is 36.2 Å². The first kappa shape index (κ1) is 38.6. The van der Waals surface area contributed by atoms with Crippen molar-refractivity contribution in [2.75, 3.05) is 0 Å². The molecular formula is C7H9AsFeO4. The van der Waals surface area contributed by atoms with Gasteiger partial charge in [-0.25, -0.2) is 0 Å². The van der Waals surface area contributed by atoms with E-state index < -0.39 is 0 Å². The molecule has 0 saturated heterocycles. The number of rotatable bonds is 0. The molecule has 0 atom stereocenters. The summed E-state index contributed by atoms with van der Waals surface area (Å²) in [7, 11) is 0. The van der Waals surface area contributed by atoms with E-state index in [-0.39, 0.29) is 31.7 Å². The first-order chi connectivity index (χ1) is 5.73. The van der Waals surface area contributed by atoms with Crippen LogP contribution in [0.5, 0.6) is 0 Å². The quantitative estimate of drug-likeness (QED) is 0.578. The summed E-state index contributed by atoms with van der Waals surface area (Å²) in [6.07, 6.45) is 0. The zero-order valence-electron chi connectivity index (χ0n) is 7.43. The standard InChI is InChI=1S/C3H9As.4CO.Fe/c1-4(2)3;4*1-2;/h1-3H3;;;;;. The van der Waals surface area contributed by atoms with Gasteiger partial charge in [0.05, 0.1) is 0 Å². The predicted molar refractivity (Wildman–Crippen MR) is 46.1 cm³/mol. The van der Waals surface area contributed by atoms with Gasteiger partial charge in [-0.2, -0.15) is 0 Å². The van der Waals surface area contributed by atoms with E-state index in [0.29, 0.717) is 0 Å². The summed E-state index contributed by atoms with van der Waals surface area (Å²) in [6.45, 7) is 18.0. The molecule has 0 aromatic heterocycles. The summed E-state index contributed by atoms with van der Waals surface area (Å²) in [5, 5.41) is 0. The van der Waals surface area contributed by atoms with Crippen molar-refractivity contribution in [3.63, 3.8) is 0 Å². The second-order valence-electron chi connectivity index (χ2n) is 1.34. The Labute approximate surface area is 95.2 Å². The van der Waals surface area contributed by atoms with Gasteiger partial charge in [-0.3, -0.25) is 19.2 Å². The summed E-state index contributed by atoms with van der Waals surface area (Å²) in [6, 6.07) is 0. The normalized spacial score (nSPS) is 4.00. The smallest absolute Gasteiger partial charge is 0.281 e. The molecule has 6 heteroatoms. The van der Waals surface area contributed by atoms with Crippen LogP contribution in [0.15, 0.2) is 0 Å². The summed E-state index contributed by atoms with van der Waals surface area (Å²) in [5.41, 5.74) is 6.94. The Morgan fingerprint density at radius 1 is 0.615 bits per heavy atom. The molecule has 0 bridgehead atoms. The van der Waals surface area contributed by atoms with Gasteiger partial charge in [-0.05, 0) is 0 Å². The predicted octanol–water partition coefficient (Wildman–Crippen LogP) is -0.220. The molecule has 0 aliphatic rings. The molecule has 8 radical (unpaired) electrons. The van der Waals surface area contributed by atoms with Crippen LogP contribution in [0.3, 0.4) is 0 Å². The van der Waals surface area contributed by atoms with E-state index in [1.165, 1.54) is 0 Å². The Morgan fingerprint density at radius 2 is 0.615 bits per heavy atom. The summed E-state index contributed by atoms with van der Waals surface area (Å²) in [5.74, 6) is 0. The molecular weight excluding hydrogens is 279 g/mol. The van der Waals surface area contributed by atoms with Gasteiger partial charge in [0, 0.05) is 17.1 Å². The van der Waals surface area contributed by atoms with E-state index in [1.54, 1.807) is 0 Å². The van der Waals surface area contributed by atoms with Crippen LogP contribution in [0.4, 0.5) is 0 Å². The number of hydrogen-bond acceptors (Lipinski definition) is 4. The molecule has 0 N–H and O–H groups in total. The van der Waals surface area contributed by atoms with Crippen molar-refractivity contribution in [2.45, 2.75) is 17.1 Å². The van der Waals surface area contributed by atoms with Crippen molar-refractivity contribution in [1.82, 2.24) is 0 Å². The first-order valence-corrected chi connectivity index (χ1v) is 7.79. The Hall–Kier alpha value is -0.242. The Morgan fingerprint density at radius 3 is 0.615 bits per heavy atom. The van der Waals surface area contributed by atoms with Crippen molar-refractivity contribution in [2.24, 2.45) is 0 Å². The summed E-state index contributed by atoms with van der Waals surface area (Å²) >= 11 is -0.188. The Kier molecular flexibility index (Phi) is 531. The molecule has 0 aromatic rings. The van der Waals surface area contributed by atoms with Gasteiger partial charge >= 0.3 is 31.8 Å². The maximum absolute atomic E-state index is 7.50. The van der Waals surface area contributed by atoms with Crippen LogP contribution in [0.2, 0.25) is 17.1 Å². The van der Waals surface area contributed by atoms with Crippen molar-refractivity contribution in [1.29, 1.82) is 0 Å². The summed E-state index contributed by atoms with van der Waals surface area (Å²) < 4.78 is 0. The molecule has 0 heterocycles. The van der Waals surface area contributed by atoms with Crippen LogP contribution in [0.1, 0.15) is 0 Å². The average Bonchev–Trinajstić information content (AvgIpc) is 2.16. The molecule has 0 fully saturated rings. The van der Waals surface area contributed by atoms with Gasteiger partial charge in [0.15, 0.2) is 0 Å². The summed E-state index contributed by atoms with van der Waals surface area (Å²) in [4.78, 5) is 30.0. The molecule has 13 heavy (non-hydrogen) atoms. The molecule has 0 amide bonds. The monoisotopic (exact) mass is 288 g/mol. The molecule has 0 aliphatic heterocycles. The van der Waals surface area contributed by atoms with Gasteiger partial charge in [-0.15, -0.1) is 0 Å². The molecule has 0 aliphatic carbocycles. The maximum atomic E-state index is 7.50. The van der Waals surface area contributed by atoms with Crippen molar-refractivity contribution >= 4 is 41.8 Å². The molecule has 4 nitrogen and oxygen atoms in total. The van der Waals surface area contributed by atoms with Gasteiger partial charge in [-0.1, -0.05) is 0 Å². The first-order valence-electron chi connectivity index (χ1n) is 2.16. The van der Waals surface area contributed by atoms with Crippen LogP contribution in [0.25, 0.3) is 0 Å². The van der Waals surface area contributed by atoms with Crippen LogP contribution >= 0.6 is 0 Å². The third kappa shape index (κ3) is 19100. The van der Waals surface area contributed by atoms with E-state index in [1.807, 2.05) is 0 Å². The fraction of sp³-hybridized carbons (Fsp3) is 0.429. The molecule has 0 rings (SSSR count). The van der Waals surface area contributed by atoms with E-state index in [9.17, 15) is 0 Å². The fourth-order valence-electron chi connectivity index (χ4n) is 0. The molecule has 0 saturated carbocycles. The zero-order valence-corrected chi connectivity index (χ0v) is 10.4. The zero-order chi connectivity index (χ0) is 11.6. The minimum absolute atomic E-state index is 0. The van der Waals surface area contributed by atoms with Gasteiger partial charge in [0.25, 0.3) is 27.2 Å². The van der Waals surface area contributed by atoms with Crippen LogP contribution < -0.4 is 0 Å². The number of hydrogen-bond donors (Lipinski definition) is 0. The SMILES string of the molecule is C[As](C)C.[C]=O.[C]=O.[C]=O.[C]=O.[Fe]. The average molecular weight is 288 g/mol. The largest absolute Gasteiger partial charge is 0.281 e. The van der Waals surface area contributed by atoms with Crippen molar-refractivity contribution in [3.05, 3.63) is 0 Å². The van der Waals surface area contributed by atoms with E-state index >= 15 is 0 Å². The van der Waals surface area contributed by atoms with Gasteiger partial charge < -0.3 is 0 Å². The third-order valence-corrected chi connectivity index (χ3v) is 0. The maximum Gasteiger partial charge on any atom is 0.281 e. The van der Waals surface area contributed by atoms with Crippen molar-refractivity contribution in [3.8, 4) is 0 Å². The topological polar surface area (TPSA) is 68.3 Å². The minimum Gasteiger partial charge on any atom is -0.281 e. The van der Waals surface area contributed by atoms with Crippen LogP contribution in [0, 0.1) is 0 Å². The Balaban J connectivity index is -0.0000000122. The fourth-order valence-corrected chi connectivity index (χ4v) is 0. The van der Waals surface area contributed by atoms with Gasteiger partial charge in [0.2, 0.25) is 0 Å². The molecule has 0 aromatic carbocycles.